The summed E-state index contributed by atoms with van der Waals surface area (Å²) in [5.41, 5.74) is 11.4. The first-order valence-corrected chi connectivity index (χ1v) is 16.1. The Kier molecular flexibility index (Phi) is 7.16. The fourth-order valence-corrected chi connectivity index (χ4v) is 6.74. The summed E-state index contributed by atoms with van der Waals surface area (Å²) in [4.78, 5) is 10.0. The van der Waals surface area contributed by atoms with E-state index in [0.29, 0.717) is 11.4 Å². The van der Waals surface area contributed by atoms with E-state index in [0.717, 1.165) is 73.0 Å². The zero-order valence-corrected chi connectivity index (χ0v) is 26.7. The average Bonchev–Trinajstić information content (AvgIpc) is 3.15. The average molecular weight is 618 g/mol. The van der Waals surface area contributed by atoms with E-state index in [1.165, 1.54) is 0 Å². The molecule has 4 heteroatoms. The topological polar surface area (TPSA) is 58.8 Å². The molecule has 1 aliphatic rings. The molecule has 2 heterocycles. The third-order valence-corrected chi connectivity index (χ3v) is 9.19. The molecule has 0 N–H and O–H groups in total. The SMILES string of the molecule is CC1(C)c2cccc(-c3ccc(-c4cccc(-c5nc(-c6ccccc6)cc(-c6ccccc6)n5)c4)cc3)c2Oc2cccc(C#N)c21. The van der Waals surface area contributed by atoms with Gasteiger partial charge in [0.1, 0.15) is 11.5 Å². The zero-order chi connectivity index (χ0) is 32.7. The van der Waals surface area contributed by atoms with Crippen molar-refractivity contribution in [1.82, 2.24) is 9.97 Å². The fraction of sp³-hybridized carbons (Fsp3) is 0.0682. The van der Waals surface area contributed by atoms with Crippen molar-refractivity contribution < 1.29 is 4.74 Å². The maximum Gasteiger partial charge on any atom is 0.160 e. The van der Waals surface area contributed by atoms with Crippen LogP contribution in [-0.2, 0) is 5.41 Å². The first kappa shape index (κ1) is 29.1. The van der Waals surface area contributed by atoms with Crippen LogP contribution in [0.15, 0.2) is 152 Å². The molecule has 1 aliphatic heterocycles. The smallest absolute Gasteiger partial charge is 0.160 e. The van der Waals surface area contributed by atoms with Crippen LogP contribution < -0.4 is 4.74 Å². The van der Waals surface area contributed by atoms with Crippen molar-refractivity contribution in [3.63, 3.8) is 0 Å². The molecule has 7 aromatic rings. The van der Waals surface area contributed by atoms with Gasteiger partial charge in [-0.15, -0.1) is 0 Å². The largest absolute Gasteiger partial charge is 0.456 e. The first-order chi connectivity index (χ1) is 23.5. The molecule has 228 valence electrons. The van der Waals surface area contributed by atoms with Crippen molar-refractivity contribution in [2.45, 2.75) is 19.3 Å². The Morgan fingerprint density at radius 2 is 1.12 bits per heavy atom. The van der Waals surface area contributed by atoms with Crippen LogP contribution in [-0.4, -0.2) is 9.97 Å². The number of hydrogen-bond donors (Lipinski definition) is 0. The number of benzene rings is 6. The number of para-hydroxylation sites is 1. The lowest BCUT2D eigenvalue weighted by molar-refractivity contribution is 0.419. The number of nitrogens with zero attached hydrogens (tertiary/aromatic N) is 3. The van der Waals surface area contributed by atoms with E-state index in [1.54, 1.807) is 0 Å². The summed E-state index contributed by atoms with van der Waals surface area (Å²) in [7, 11) is 0. The van der Waals surface area contributed by atoms with Gasteiger partial charge in [-0.1, -0.05) is 141 Å². The van der Waals surface area contributed by atoms with Gasteiger partial charge in [0.2, 0.25) is 0 Å². The second-order valence-corrected chi connectivity index (χ2v) is 12.6. The highest BCUT2D eigenvalue weighted by atomic mass is 16.5. The van der Waals surface area contributed by atoms with Gasteiger partial charge in [-0.2, -0.15) is 5.26 Å². The highest BCUT2D eigenvalue weighted by molar-refractivity contribution is 5.80. The molecule has 48 heavy (non-hydrogen) atoms. The molecule has 0 radical (unpaired) electrons. The summed E-state index contributed by atoms with van der Waals surface area (Å²) in [6, 6.07) is 53.9. The molecule has 0 fully saturated rings. The van der Waals surface area contributed by atoms with E-state index in [2.05, 4.69) is 117 Å². The van der Waals surface area contributed by atoms with Crippen LogP contribution in [0.5, 0.6) is 11.5 Å². The molecule has 0 amide bonds. The highest BCUT2D eigenvalue weighted by Gasteiger charge is 2.37. The number of nitriles is 1. The molecule has 8 rings (SSSR count). The van der Waals surface area contributed by atoms with Crippen LogP contribution in [0.2, 0.25) is 0 Å². The summed E-state index contributed by atoms with van der Waals surface area (Å²) in [6.45, 7) is 4.33. The van der Waals surface area contributed by atoms with Crippen molar-refractivity contribution in [3.05, 3.63) is 168 Å². The van der Waals surface area contributed by atoms with Crippen molar-refractivity contribution in [2.24, 2.45) is 0 Å². The Labute approximate surface area is 280 Å². The molecule has 6 aromatic carbocycles. The van der Waals surface area contributed by atoms with Gasteiger partial charge in [0.05, 0.1) is 23.0 Å². The van der Waals surface area contributed by atoms with Gasteiger partial charge in [0.25, 0.3) is 0 Å². The van der Waals surface area contributed by atoms with E-state index in [9.17, 15) is 5.26 Å². The van der Waals surface area contributed by atoms with Crippen LogP contribution in [0.3, 0.4) is 0 Å². The van der Waals surface area contributed by atoms with E-state index in [1.807, 2.05) is 54.6 Å². The Morgan fingerprint density at radius 1 is 0.542 bits per heavy atom. The number of ether oxygens (including phenoxy) is 1. The van der Waals surface area contributed by atoms with Crippen LogP contribution in [0.4, 0.5) is 0 Å². The quantitative estimate of drug-likeness (QED) is 0.193. The van der Waals surface area contributed by atoms with E-state index < -0.39 is 0 Å². The molecule has 0 unspecified atom stereocenters. The van der Waals surface area contributed by atoms with Gasteiger partial charge in [-0.3, -0.25) is 0 Å². The standard InChI is InChI=1S/C44H31N3O/c1-44(2)37-20-11-19-36(42(37)48-40-21-10-18-35(28-45)41(40)44)30-24-22-29(23-25-30)33-16-9-17-34(26-33)43-46-38(31-12-5-3-6-13-31)27-39(47-43)32-14-7-4-8-15-32/h3-27H,1-2H3. The van der Waals surface area contributed by atoms with Crippen LogP contribution in [0.1, 0.15) is 30.5 Å². The summed E-state index contributed by atoms with van der Waals surface area (Å²) in [5.74, 6) is 2.26. The maximum absolute atomic E-state index is 9.81. The van der Waals surface area contributed by atoms with Gasteiger partial charge >= 0.3 is 0 Å². The number of aromatic nitrogens is 2. The molecule has 0 bridgehead atoms. The normalized spacial score (nSPS) is 12.7. The lowest BCUT2D eigenvalue weighted by Crippen LogP contribution is -2.26. The monoisotopic (exact) mass is 617 g/mol. The van der Waals surface area contributed by atoms with Gasteiger partial charge < -0.3 is 4.74 Å². The number of rotatable bonds is 5. The van der Waals surface area contributed by atoms with Crippen LogP contribution >= 0.6 is 0 Å². The van der Waals surface area contributed by atoms with Gasteiger partial charge in [0, 0.05) is 38.8 Å². The maximum atomic E-state index is 9.81. The predicted octanol–water partition coefficient (Wildman–Crippen LogP) is 11.1. The zero-order valence-electron chi connectivity index (χ0n) is 26.7. The van der Waals surface area contributed by atoms with E-state index in [4.69, 9.17) is 14.7 Å². The van der Waals surface area contributed by atoms with Gasteiger partial charge in [-0.25, -0.2) is 9.97 Å². The molecule has 0 aliphatic carbocycles. The number of hydrogen-bond acceptors (Lipinski definition) is 4. The molecule has 0 spiro atoms. The van der Waals surface area contributed by atoms with Crippen molar-refractivity contribution in [2.75, 3.05) is 0 Å². The molecule has 4 nitrogen and oxygen atoms in total. The third-order valence-electron chi connectivity index (χ3n) is 9.19. The van der Waals surface area contributed by atoms with Gasteiger partial charge in [0.15, 0.2) is 5.82 Å². The van der Waals surface area contributed by atoms with E-state index >= 15 is 0 Å². The Morgan fingerprint density at radius 3 is 1.79 bits per heavy atom. The van der Waals surface area contributed by atoms with E-state index in [-0.39, 0.29) is 5.41 Å². The summed E-state index contributed by atoms with van der Waals surface area (Å²) in [6.07, 6.45) is 0. The van der Waals surface area contributed by atoms with Crippen molar-refractivity contribution in [1.29, 1.82) is 5.26 Å². The lowest BCUT2D eigenvalue weighted by atomic mass is 9.73. The minimum atomic E-state index is -0.383. The number of fused-ring (bicyclic) bond motifs is 2. The summed E-state index contributed by atoms with van der Waals surface area (Å²) >= 11 is 0. The van der Waals surface area contributed by atoms with Crippen LogP contribution in [0.25, 0.3) is 56.2 Å². The third kappa shape index (κ3) is 5.12. The molecule has 0 saturated heterocycles. The lowest BCUT2D eigenvalue weighted by Gasteiger charge is -2.36. The molecule has 1 aromatic heterocycles. The Balaban J connectivity index is 1.15. The highest BCUT2D eigenvalue weighted by Crippen LogP contribution is 2.52. The second kappa shape index (κ2) is 11.8. The summed E-state index contributed by atoms with van der Waals surface area (Å²) in [5, 5.41) is 9.81. The minimum Gasteiger partial charge on any atom is -0.456 e. The van der Waals surface area contributed by atoms with Crippen LogP contribution in [0, 0.1) is 11.3 Å². The first-order valence-electron chi connectivity index (χ1n) is 16.1. The second-order valence-electron chi connectivity index (χ2n) is 12.6. The molecule has 0 atom stereocenters. The van der Waals surface area contributed by atoms with Crippen molar-refractivity contribution in [3.8, 4) is 73.7 Å². The van der Waals surface area contributed by atoms with Crippen molar-refractivity contribution >= 4 is 0 Å². The molecular formula is C44H31N3O. The Hall–Kier alpha value is -6.31. The predicted molar refractivity (Wildman–Crippen MR) is 193 cm³/mol. The minimum absolute atomic E-state index is 0.383. The molecule has 0 saturated carbocycles. The fourth-order valence-electron chi connectivity index (χ4n) is 6.74. The Bertz CT molecular complexity index is 2280. The summed E-state index contributed by atoms with van der Waals surface area (Å²) < 4.78 is 6.54. The van der Waals surface area contributed by atoms with Gasteiger partial charge in [-0.05, 0) is 41.0 Å². The molecular weight excluding hydrogens is 587 g/mol.